The number of benzene rings is 1. The zero-order valence-corrected chi connectivity index (χ0v) is 13.8. The van der Waals surface area contributed by atoms with Crippen LogP contribution in [0.25, 0.3) is 0 Å². The highest BCUT2D eigenvalue weighted by Crippen LogP contribution is 2.28. The molecule has 1 fully saturated rings. The molecule has 0 amide bonds. The standard InChI is InChI=1S/C14H20BrNO2S/c1-11-7-8-13(15)9-14(11)19(17,18)16(2)10-12-5-3-4-6-12/h7-9,12H,3-6,10H2,1-2H3. The smallest absolute Gasteiger partial charge is 0.207 e. The van der Waals surface area contributed by atoms with E-state index in [1.54, 1.807) is 13.1 Å². The number of sulfonamides is 1. The van der Waals surface area contributed by atoms with E-state index in [4.69, 9.17) is 0 Å². The van der Waals surface area contributed by atoms with Gasteiger partial charge < -0.3 is 0 Å². The van der Waals surface area contributed by atoms with E-state index in [0.717, 1.165) is 22.9 Å². The van der Waals surface area contributed by atoms with Crippen LogP contribution in [-0.4, -0.2) is 26.3 Å². The Hall–Kier alpha value is -0.390. The van der Waals surface area contributed by atoms with Gasteiger partial charge in [-0.3, -0.25) is 0 Å². The molecule has 19 heavy (non-hydrogen) atoms. The van der Waals surface area contributed by atoms with Crippen LogP contribution in [0, 0.1) is 12.8 Å². The van der Waals surface area contributed by atoms with Gasteiger partial charge in [-0.25, -0.2) is 12.7 Å². The van der Waals surface area contributed by atoms with Crippen molar-refractivity contribution in [2.24, 2.45) is 5.92 Å². The summed E-state index contributed by atoms with van der Waals surface area (Å²) < 4.78 is 27.5. The normalized spacial score (nSPS) is 17.3. The van der Waals surface area contributed by atoms with Crippen molar-refractivity contribution in [2.75, 3.05) is 13.6 Å². The van der Waals surface area contributed by atoms with Crippen molar-refractivity contribution in [1.29, 1.82) is 0 Å². The Morgan fingerprint density at radius 3 is 2.58 bits per heavy atom. The molecule has 1 aliphatic rings. The molecule has 0 radical (unpaired) electrons. The fourth-order valence-corrected chi connectivity index (χ4v) is 4.68. The third-order valence-electron chi connectivity index (χ3n) is 3.83. The lowest BCUT2D eigenvalue weighted by molar-refractivity contribution is 0.387. The maximum absolute atomic E-state index is 12.6. The first-order valence-corrected chi connectivity index (χ1v) is 8.87. The van der Waals surface area contributed by atoms with Crippen LogP contribution in [0.4, 0.5) is 0 Å². The molecule has 0 bridgehead atoms. The zero-order chi connectivity index (χ0) is 14.0. The number of nitrogens with zero attached hydrogens (tertiary/aromatic N) is 1. The third kappa shape index (κ3) is 3.38. The van der Waals surface area contributed by atoms with Crippen LogP contribution in [0.5, 0.6) is 0 Å². The number of halogens is 1. The Morgan fingerprint density at radius 1 is 1.32 bits per heavy atom. The summed E-state index contributed by atoms with van der Waals surface area (Å²) in [5.74, 6) is 0.521. The molecular formula is C14H20BrNO2S. The Morgan fingerprint density at radius 2 is 1.95 bits per heavy atom. The van der Waals surface area contributed by atoms with E-state index in [1.165, 1.54) is 17.1 Å². The van der Waals surface area contributed by atoms with Crippen molar-refractivity contribution < 1.29 is 8.42 Å². The first kappa shape index (κ1) is 15.0. The molecule has 0 saturated heterocycles. The average molecular weight is 346 g/mol. The second kappa shape index (κ2) is 5.94. The fraction of sp³-hybridized carbons (Fsp3) is 0.571. The number of hydrogen-bond donors (Lipinski definition) is 0. The van der Waals surface area contributed by atoms with Crippen LogP contribution in [0.2, 0.25) is 0 Å². The summed E-state index contributed by atoms with van der Waals surface area (Å²) in [6, 6.07) is 5.39. The first-order chi connectivity index (χ1) is 8.91. The molecule has 106 valence electrons. The van der Waals surface area contributed by atoms with Crippen molar-refractivity contribution in [3.63, 3.8) is 0 Å². The van der Waals surface area contributed by atoms with Crippen molar-refractivity contribution >= 4 is 26.0 Å². The van der Waals surface area contributed by atoms with Crippen LogP contribution in [0.3, 0.4) is 0 Å². The topological polar surface area (TPSA) is 37.4 Å². The van der Waals surface area contributed by atoms with Gasteiger partial charge in [-0.1, -0.05) is 34.8 Å². The molecule has 1 aromatic rings. The summed E-state index contributed by atoms with van der Waals surface area (Å²) in [7, 11) is -1.69. The molecule has 0 aromatic heterocycles. The second-order valence-electron chi connectivity index (χ2n) is 5.35. The molecule has 2 rings (SSSR count). The van der Waals surface area contributed by atoms with E-state index in [1.807, 2.05) is 19.1 Å². The summed E-state index contributed by atoms with van der Waals surface area (Å²) in [6.07, 6.45) is 4.76. The van der Waals surface area contributed by atoms with Gasteiger partial charge in [0, 0.05) is 18.1 Å². The minimum Gasteiger partial charge on any atom is -0.207 e. The lowest BCUT2D eigenvalue weighted by Crippen LogP contribution is -2.31. The Kier molecular flexibility index (Phi) is 4.69. The fourth-order valence-electron chi connectivity index (χ4n) is 2.67. The van der Waals surface area contributed by atoms with Gasteiger partial charge in [0.1, 0.15) is 0 Å². The number of rotatable bonds is 4. The quantitative estimate of drug-likeness (QED) is 0.836. The average Bonchev–Trinajstić information content (AvgIpc) is 2.85. The molecule has 5 heteroatoms. The lowest BCUT2D eigenvalue weighted by atomic mass is 10.1. The SMILES string of the molecule is Cc1ccc(Br)cc1S(=O)(=O)N(C)CC1CCCC1. The highest BCUT2D eigenvalue weighted by Gasteiger charge is 2.26. The molecule has 0 aliphatic heterocycles. The van der Waals surface area contributed by atoms with Crippen molar-refractivity contribution in [2.45, 2.75) is 37.5 Å². The van der Waals surface area contributed by atoms with Gasteiger partial charge >= 0.3 is 0 Å². The zero-order valence-electron chi connectivity index (χ0n) is 11.4. The van der Waals surface area contributed by atoms with Crippen molar-refractivity contribution in [3.05, 3.63) is 28.2 Å². The largest absolute Gasteiger partial charge is 0.243 e. The van der Waals surface area contributed by atoms with Crippen LogP contribution in [-0.2, 0) is 10.0 Å². The van der Waals surface area contributed by atoms with Gasteiger partial charge in [0.2, 0.25) is 10.0 Å². The minimum atomic E-state index is -3.38. The Bertz CT molecular complexity index is 551. The highest BCUT2D eigenvalue weighted by atomic mass is 79.9. The molecule has 3 nitrogen and oxygen atoms in total. The molecule has 1 aromatic carbocycles. The van der Waals surface area contributed by atoms with Crippen molar-refractivity contribution in [3.8, 4) is 0 Å². The van der Waals surface area contributed by atoms with Gasteiger partial charge in [0.05, 0.1) is 4.90 Å². The van der Waals surface area contributed by atoms with E-state index < -0.39 is 10.0 Å². The van der Waals surface area contributed by atoms with Gasteiger partial charge in [-0.05, 0) is 43.4 Å². The molecule has 0 N–H and O–H groups in total. The monoisotopic (exact) mass is 345 g/mol. The molecule has 1 aliphatic carbocycles. The van der Waals surface area contributed by atoms with Crippen LogP contribution in [0.15, 0.2) is 27.6 Å². The highest BCUT2D eigenvalue weighted by molar-refractivity contribution is 9.10. The molecule has 1 saturated carbocycles. The van der Waals surface area contributed by atoms with E-state index in [-0.39, 0.29) is 0 Å². The predicted molar refractivity (Wildman–Crippen MR) is 80.7 cm³/mol. The molecule has 0 unspecified atom stereocenters. The summed E-state index contributed by atoms with van der Waals surface area (Å²) in [5.41, 5.74) is 0.793. The van der Waals surface area contributed by atoms with E-state index in [9.17, 15) is 8.42 Å². The summed E-state index contributed by atoms with van der Waals surface area (Å²) in [5, 5.41) is 0. The molecule has 0 atom stereocenters. The lowest BCUT2D eigenvalue weighted by Gasteiger charge is -2.21. The van der Waals surface area contributed by atoms with Crippen LogP contribution < -0.4 is 0 Å². The van der Waals surface area contributed by atoms with Crippen molar-refractivity contribution in [1.82, 2.24) is 4.31 Å². The van der Waals surface area contributed by atoms with Gasteiger partial charge in [-0.15, -0.1) is 0 Å². The maximum atomic E-state index is 12.6. The van der Waals surface area contributed by atoms with Gasteiger partial charge in [0.25, 0.3) is 0 Å². The number of hydrogen-bond acceptors (Lipinski definition) is 2. The Labute approximate surface area is 124 Å². The number of aryl methyl sites for hydroxylation is 1. The van der Waals surface area contributed by atoms with E-state index in [0.29, 0.717) is 17.4 Å². The van der Waals surface area contributed by atoms with E-state index in [2.05, 4.69) is 15.9 Å². The second-order valence-corrected chi connectivity index (χ2v) is 8.27. The molecular weight excluding hydrogens is 326 g/mol. The minimum absolute atomic E-state index is 0.405. The van der Waals surface area contributed by atoms with Crippen LogP contribution >= 0.6 is 15.9 Å². The summed E-state index contributed by atoms with van der Waals surface area (Å²) >= 11 is 3.34. The summed E-state index contributed by atoms with van der Waals surface area (Å²) in [6.45, 7) is 2.47. The molecule has 0 heterocycles. The van der Waals surface area contributed by atoms with Gasteiger partial charge in [-0.2, -0.15) is 0 Å². The third-order valence-corrected chi connectivity index (χ3v) is 6.29. The maximum Gasteiger partial charge on any atom is 0.243 e. The van der Waals surface area contributed by atoms with Gasteiger partial charge in [0.15, 0.2) is 0 Å². The van der Waals surface area contributed by atoms with Crippen LogP contribution in [0.1, 0.15) is 31.2 Å². The van der Waals surface area contributed by atoms with E-state index >= 15 is 0 Å². The predicted octanol–water partition coefficient (Wildman–Crippen LogP) is 3.57. The first-order valence-electron chi connectivity index (χ1n) is 6.64. The Balaban J connectivity index is 2.22. The summed E-state index contributed by atoms with van der Waals surface area (Å²) in [4.78, 5) is 0.405. The molecule has 0 spiro atoms.